The lowest BCUT2D eigenvalue weighted by Gasteiger charge is -2.33. The molecule has 1 aliphatic heterocycles. The lowest BCUT2D eigenvalue weighted by Crippen LogP contribution is -2.40. The number of hydrogen-bond acceptors (Lipinski definition) is 3. The van der Waals surface area contributed by atoms with Crippen LogP contribution in [0.25, 0.3) is 0 Å². The molecule has 3 rings (SSSR count). The van der Waals surface area contributed by atoms with Gasteiger partial charge in [-0.05, 0) is 68.9 Å². The van der Waals surface area contributed by atoms with E-state index in [0.29, 0.717) is 12.3 Å². The van der Waals surface area contributed by atoms with Gasteiger partial charge in [0.25, 0.3) is 0 Å². The molecule has 1 amide bonds. The van der Waals surface area contributed by atoms with Crippen molar-refractivity contribution in [1.29, 1.82) is 0 Å². The van der Waals surface area contributed by atoms with Gasteiger partial charge in [-0.2, -0.15) is 0 Å². The van der Waals surface area contributed by atoms with E-state index >= 15 is 0 Å². The fraction of sp³-hybridized carbons (Fsp3) is 0.478. The molecule has 0 N–H and O–H groups in total. The highest BCUT2D eigenvalue weighted by atomic mass is 16.2. The Kier molecular flexibility index (Phi) is 7.40. The molecule has 4 nitrogen and oxygen atoms in total. The molecule has 2 heterocycles. The van der Waals surface area contributed by atoms with Crippen molar-refractivity contribution in [2.24, 2.45) is 5.92 Å². The zero-order valence-corrected chi connectivity index (χ0v) is 16.4. The van der Waals surface area contributed by atoms with E-state index < -0.39 is 0 Å². The molecule has 144 valence electrons. The smallest absolute Gasteiger partial charge is 0.222 e. The largest absolute Gasteiger partial charge is 0.342 e. The van der Waals surface area contributed by atoms with Crippen molar-refractivity contribution >= 4 is 5.91 Å². The Morgan fingerprint density at radius 1 is 1.07 bits per heavy atom. The van der Waals surface area contributed by atoms with Crippen molar-refractivity contribution in [2.45, 2.75) is 32.1 Å². The third-order valence-corrected chi connectivity index (χ3v) is 5.53. The molecule has 1 fully saturated rings. The topological polar surface area (TPSA) is 36.4 Å². The van der Waals surface area contributed by atoms with Gasteiger partial charge in [-0.25, -0.2) is 0 Å². The lowest BCUT2D eigenvalue weighted by atomic mass is 9.96. The number of aromatic nitrogens is 1. The lowest BCUT2D eigenvalue weighted by molar-refractivity contribution is -0.132. The van der Waals surface area contributed by atoms with Crippen LogP contribution in [0.15, 0.2) is 54.9 Å². The number of hydrogen-bond donors (Lipinski definition) is 0. The third-order valence-electron chi connectivity index (χ3n) is 5.53. The SMILES string of the molecule is CN1CCC(CN(CCc2ccccc2)C(=O)CCc2cccnc2)CC1. The van der Waals surface area contributed by atoms with Crippen LogP contribution in [0, 0.1) is 5.92 Å². The van der Waals surface area contributed by atoms with Gasteiger partial charge in [0.2, 0.25) is 5.91 Å². The zero-order chi connectivity index (χ0) is 18.9. The first-order valence-corrected chi connectivity index (χ1v) is 10.1. The molecule has 2 aromatic rings. The van der Waals surface area contributed by atoms with Gasteiger partial charge in [0, 0.05) is 31.9 Å². The van der Waals surface area contributed by atoms with E-state index in [2.05, 4.69) is 46.1 Å². The van der Waals surface area contributed by atoms with Crippen molar-refractivity contribution in [2.75, 3.05) is 33.2 Å². The molecule has 0 spiro atoms. The molecule has 4 heteroatoms. The maximum absolute atomic E-state index is 13.0. The first-order valence-electron chi connectivity index (χ1n) is 10.1. The van der Waals surface area contributed by atoms with Crippen LogP contribution >= 0.6 is 0 Å². The second kappa shape index (κ2) is 10.2. The molecule has 0 radical (unpaired) electrons. The van der Waals surface area contributed by atoms with Crippen LogP contribution in [0.5, 0.6) is 0 Å². The van der Waals surface area contributed by atoms with Gasteiger partial charge >= 0.3 is 0 Å². The van der Waals surface area contributed by atoms with Crippen molar-refractivity contribution < 1.29 is 4.79 Å². The maximum Gasteiger partial charge on any atom is 0.222 e. The van der Waals surface area contributed by atoms with Gasteiger partial charge in [0.1, 0.15) is 0 Å². The second-order valence-corrected chi connectivity index (χ2v) is 7.68. The van der Waals surface area contributed by atoms with Crippen LogP contribution in [0.3, 0.4) is 0 Å². The number of aryl methyl sites for hydroxylation is 1. The summed E-state index contributed by atoms with van der Waals surface area (Å²) in [5.74, 6) is 0.896. The predicted octanol–water partition coefficient (Wildman–Crippen LogP) is 3.43. The van der Waals surface area contributed by atoms with E-state index in [1.165, 1.54) is 18.4 Å². The first kappa shape index (κ1) is 19.6. The van der Waals surface area contributed by atoms with E-state index in [0.717, 1.165) is 44.6 Å². The van der Waals surface area contributed by atoms with E-state index in [1.807, 2.05) is 24.4 Å². The Hall–Kier alpha value is -2.20. The van der Waals surface area contributed by atoms with E-state index in [9.17, 15) is 4.79 Å². The van der Waals surface area contributed by atoms with E-state index in [-0.39, 0.29) is 5.91 Å². The molecule has 1 saturated heterocycles. The highest BCUT2D eigenvalue weighted by Gasteiger charge is 2.22. The Morgan fingerprint density at radius 3 is 2.52 bits per heavy atom. The predicted molar refractivity (Wildman–Crippen MR) is 110 cm³/mol. The standard InChI is InChI=1S/C23H31N3O/c1-25-15-11-22(12-16-25)19-26(17-13-20-6-3-2-4-7-20)23(27)10-9-21-8-5-14-24-18-21/h2-8,14,18,22H,9-13,15-17,19H2,1H3. The molecule has 27 heavy (non-hydrogen) atoms. The van der Waals surface area contributed by atoms with Crippen LogP contribution < -0.4 is 0 Å². The summed E-state index contributed by atoms with van der Waals surface area (Å²) >= 11 is 0. The molecular weight excluding hydrogens is 334 g/mol. The number of pyridine rings is 1. The maximum atomic E-state index is 13.0. The average molecular weight is 366 g/mol. The number of carbonyl (C=O) groups is 1. The van der Waals surface area contributed by atoms with Crippen molar-refractivity contribution in [3.05, 3.63) is 66.0 Å². The quantitative estimate of drug-likeness (QED) is 0.719. The van der Waals surface area contributed by atoms with Gasteiger partial charge in [0.15, 0.2) is 0 Å². The van der Waals surface area contributed by atoms with Crippen molar-refractivity contribution in [3.8, 4) is 0 Å². The molecule has 0 saturated carbocycles. The van der Waals surface area contributed by atoms with Crippen LogP contribution in [0.2, 0.25) is 0 Å². The Labute approximate surface area is 163 Å². The minimum atomic E-state index is 0.272. The number of carbonyl (C=O) groups excluding carboxylic acids is 1. The minimum absolute atomic E-state index is 0.272. The fourth-order valence-corrected chi connectivity index (χ4v) is 3.74. The fourth-order valence-electron chi connectivity index (χ4n) is 3.74. The summed E-state index contributed by atoms with van der Waals surface area (Å²) < 4.78 is 0. The first-order chi connectivity index (χ1) is 13.2. The molecule has 1 aromatic heterocycles. The van der Waals surface area contributed by atoms with Gasteiger partial charge < -0.3 is 9.80 Å². The summed E-state index contributed by atoms with van der Waals surface area (Å²) in [5, 5.41) is 0. The van der Waals surface area contributed by atoms with Crippen molar-refractivity contribution in [1.82, 2.24) is 14.8 Å². The summed E-state index contributed by atoms with van der Waals surface area (Å²) in [7, 11) is 2.18. The molecular formula is C23H31N3O. The van der Waals surface area contributed by atoms with Gasteiger partial charge in [-0.15, -0.1) is 0 Å². The molecule has 1 aromatic carbocycles. The highest BCUT2D eigenvalue weighted by molar-refractivity contribution is 5.76. The number of nitrogens with zero attached hydrogens (tertiary/aromatic N) is 3. The van der Waals surface area contributed by atoms with Crippen LogP contribution in [0.4, 0.5) is 0 Å². The Balaban J connectivity index is 1.57. The van der Waals surface area contributed by atoms with Crippen LogP contribution in [-0.4, -0.2) is 53.9 Å². The monoisotopic (exact) mass is 365 g/mol. The average Bonchev–Trinajstić information content (AvgIpc) is 2.72. The number of likely N-dealkylation sites (tertiary alicyclic amines) is 1. The molecule has 0 bridgehead atoms. The normalized spacial score (nSPS) is 15.6. The zero-order valence-electron chi connectivity index (χ0n) is 16.4. The molecule has 0 atom stereocenters. The number of benzene rings is 1. The van der Waals surface area contributed by atoms with Crippen molar-refractivity contribution in [3.63, 3.8) is 0 Å². The third kappa shape index (κ3) is 6.47. The van der Waals surface area contributed by atoms with E-state index in [4.69, 9.17) is 0 Å². The second-order valence-electron chi connectivity index (χ2n) is 7.68. The minimum Gasteiger partial charge on any atom is -0.342 e. The Bertz CT molecular complexity index is 681. The summed E-state index contributed by atoms with van der Waals surface area (Å²) in [6.45, 7) is 3.98. The highest BCUT2D eigenvalue weighted by Crippen LogP contribution is 2.18. The van der Waals surface area contributed by atoms with Crippen LogP contribution in [-0.2, 0) is 17.6 Å². The molecule has 1 aliphatic rings. The van der Waals surface area contributed by atoms with Gasteiger partial charge in [0.05, 0.1) is 0 Å². The summed E-state index contributed by atoms with van der Waals surface area (Å²) in [5.41, 5.74) is 2.43. The van der Waals surface area contributed by atoms with E-state index in [1.54, 1.807) is 6.20 Å². The number of rotatable bonds is 8. The molecule has 0 aliphatic carbocycles. The summed E-state index contributed by atoms with van der Waals surface area (Å²) in [4.78, 5) is 21.6. The number of piperidine rings is 1. The summed E-state index contributed by atoms with van der Waals surface area (Å²) in [6.07, 6.45) is 8.26. The van der Waals surface area contributed by atoms with Gasteiger partial charge in [-0.1, -0.05) is 36.4 Å². The molecule has 0 unspecified atom stereocenters. The van der Waals surface area contributed by atoms with Crippen LogP contribution in [0.1, 0.15) is 30.4 Å². The van der Waals surface area contributed by atoms with Gasteiger partial charge in [-0.3, -0.25) is 9.78 Å². The summed E-state index contributed by atoms with van der Waals surface area (Å²) in [6, 6.07) is 14.5. The Morgan fingerprint density at radius 2 is 1.81 bits per heavy atom. The number of amides is 1.